The summed E-state index contributed by atoms with van der Waals surface area (Å²) >= 11 is 7.31. The average molecular weight is 460 g/mol. The number of benzene rings is 1. The van der Waals surface area contributed by atoms with Crippen molar-refractivity contribution in [1.82, 2.24) is 19.9 Å². The largest absolute Gasteiger partial charge is 0.352 e. The van der Waals surface area contributed by atoms with Crippen molar-refractivity contribution in [1.29, 1.82) is 0 Å². The third kappa shape index (κ3) is 4.85. The standard InChI is InChI=1S/C22H23ClFN5OS/c1-13-4-3-9-29(18(13)12-27-22-25-10-16(23)11-26-22)21(30)19-20(31-14(2)28-19)15-5-7-17(24)8-6-15/h5-8,10-11,13,18H,3-4,9,12H2,1-2H3,(H,25,26,27)/t13-,18+/m1/s1. The monoisotopic (exact) mass is 459 g/mol. The van der Waals surface area contributed by atoms with E-state index in [0.29, 0.717) is 35.7 Å². The molecule has 1 fully saturated rings. The van der Waals surface area contributed by atoms with Crippen molar-refractivity contribution in [2.75, 3.05) is 18.4 Å². The second kappa shape index (κ2) is 9.28. The summed E-state index contributed by atoms with van der Waals surface area (Å²) in [5, 5.41) is 4.51. The lowest BCUT2D eigenvalue weighted by Crippen LogP contribution is -2.51. The maximum absolute atomic E-state index is 13.6. The summed E-state index contributed by atoms with van der Waals surface area (Å²) in [7, 11) is 0. The Kier molecular flexibility index (Phi) is 6.48. The first-order chi connectivity index (χ1) is 14.9. The molecule has 9 heteroatoms. The molecule has 0 unspecified atom stereocenters. The number of anilines is 1. The zero-order chi connectivity index (χ0) is 22.0. The Hall–Kier alpha value is -2.58. The third-order valence-electron chi connectivity index (χ3n) is 5.51. The fourth-order valence-corrected chi connectivity index (χ4v) is 4.93. The van der Waals surface area contributed by atoms with E-state index in [-0.39, 0.29) is 17.8 Å². The van der Waals surface area contributed by atoms with Gasteiger partial charge < -0.3 is 10.2 Å². The van der Waals surface area contributed by atoms with E-state index in [2.05, 4.69) is 27.2 Å². The van der Waals surface area contributed by atoms with E-state index in [1.807, 2.05) is 11.8 Å². The molecule has 4 rings (SSSR count). The van der Waals surface area contributed by atoms with Crippen LogP contribution in [0.2, 0.25) is 5.02 Å². The lowest BCUT2D eigenvalue weighted by Gasteiger charge is -2.40. The molecule has 3 aromatic rings. The van der Waals surface area contributed by atoms with E-state index >= 15 is 0 Å². The van der Waals surface area contributed by atoms with Gasteiger partial charge in [0.05, 0.1) is 33.3 Å². The van der Waals surface area contributed by atoms with Crippen LogP contribution in [0.1, 0.15) is 35.3 Å². The van der Waals surface area contributed by atoms with Crippen LogP contribution in [0.4, 0.5) is 10.3 Å². The van der Waals surface area contributed by atoms with Crippen molar-refractivity contribution in [3.63, 3.8) is 0 Å². The highest BCUT2D eigenvalue weighted by Crippen LogP contribution is 2.33. The van der Waals surface area contributed by atoms with Gasteiger partial charge in [-0.05, 0) is 43.4 Å². The van der Waals surface area contributed by atoms with Crippen molar-refractivity contribution in [2.45, 2.75) is 32.7 Å². The van der Waals surface area contributed by atoms with E-state index < -0.39 is 0 Å². The molecule has 0 bridgehead atoms. The van der Waals surface area contributed by atoms with E-state index in [0.717, 1.165) is 28.3 Å². The summed E-state index contributed by atoms with van der Waals surface area (Å²) in [5.74, 6) is 0.384. The molecule has 0 saturated carbocycles. The molecular formula is C22H23ClFN5OS. The number of thiazole rings is 1. The van der Waals surface area contributed by atoms with E-state index in [1.54, 1.807) is 12.1 Å². The summed E-state index contributed by atoms with van der Waals surface area (Å²) in [6, 6.07) is 6.16. The Morgan fingerprint density at radius 3 is 2.71 bits per heavy atom. The number of aromatic nitrogens is 3. The SMILES string of the molecule is Cc1nc(C(=O)N2CCC[C@@H](C)[C@@H]2CNc2ncc(Cl)cn2)c(-c2ccc(F)cc2)s1. The van der Waals surface area contributed by atoms with Gasteiger partial charge in [0.2, 0.25) is 5.95 Å². The van der Waals surface area contributed by atoms with Crippen molar-refractivity contribution in [2.24, 2.45) is 5.92 Å². The molecule has 0 radical (unpaired) electrons. The number of hydrogen-bond donors (Lipinski definition) is 1. The fraction of sp³-hybridized carbons (Fsp3) is 0.364. The Labute approximate surface area is 189 Å². The molecule has 2 atom stereocenters. The Balaban J connectivity index is 1.58. The number of hydrogen-bond acceptors (Lipinski definition) is 6. The fourth-order valence-electron chi connectivity index (χ4n) is 3.92. The van der Waals surface area contributed by atoms with Gasteiger partial charge in [-0.3, -0.25) is 4.79 Å². The topological polar surface area (TPSA) is 71.0 Å². The predicted molar refractivity (Wildman–Crippen MR) is 121 cm³/mol. The van der Waals surface area contributed by atoms with Gasteiger partial charge in [-0.25, -0.2) is 19.3 Å². The minimum atomic E-state index is -0.307. The summed E-state index contributed by atoms with van der Waals surface area (Å²) < 4.78 is 13.4. The lowest BCUT2D eigenvalue weighted by molar-refractivity contribution is 0.0535. The summed E-state index contributed by atoms with van der Waals surface area (Å²) in [6.45, 7) is 5.23. The molecule has 0 spiro atoms. The van der Waals surface area contributed by atoms with Gasteiger partial charge in [-0.15, -0.1) is 11.3 Å². The molecule has 0 aliphatic carbocycles. The van der Waals surface area contributed by atoms with Crippen LogP contribution in [0.25, 0.3) is 10.4 Å². The van der Waals surface area contributed by atoms with Gasteiger partial charge in [-0.1, -0.05) is 30.7 Å². The number of amides is 1. The molecule has 1 saturated heterocycles. The molecular weight excluding hydrogens is 437 g/mol. The average Bonchev–Trinajstić information content (AvgIpc) is 3.15. The van der Waals surface area contributed by atoms with Crippen LogP contribution in [-0.2, 0) is 0 Å². The first-order valence-corrected chi connectivity index (χ1v) is 11.4. The maximum atomic E-state index is 13.6. The number of rotatable bonds is 5. The van der Waals surface area contributed by atoms with Crippen LogP contribution in [0.3, 0.4) is 0 Å². The molecule has 1 aromatic carbocycles. The van der Waals surface area contributed by atoms with Gasteiger partial charge in [0.15, 0.2) is 0 Å². The van der Waals surface area contributed by atoms with Crippen molar-refractivity contribution in [3.8, 4) is 10.4 Å². The number of piperidine rings is 1. The van der Waals surface area contributed by atoms with Gasteiger partial charge >= 0.3 is 0 Å². The minimum Gasteiger partial charge on any atom is -0.352 e. The van der Waals surface area contributed by atoms with Crippen LogP contribution in [0, 0.1) is 18.7 Å². The number of likely N-dealkylation sites (tertiary alicyclic amines) is 1. The molecule has 1 aliphatic rings. The zero-order valence-corrected chi connectivity index (χ0v) is 18.9. The lowest BCUT2D eigenvalue weighted by atomic mass is 9.90. The molecule has 1 amide bonds. The normalized spacial score (nSPS) is 18.8. The number of nitrogens with zero attached hydrogens (tertiary/aromatic N) is 4. The smallest absolute Gasteiger partial charge is 0.274 e. The second-order valence-corrected chi connectivity index (χ2v) is 9.35. The van der Waals surface area contributed by atoms with Crippen molar-refractivity contribution in [3.05, 3.63) is 58.2 Å². The summed E-state index contributed by atoms with van der Waals surface area (Å²) in [5.41, 5.74) is 1.22. The number of carbonyl (C=O) groups is 1. The molecule has 6 nitrogen and oxygen atoms in total. The Bertz CT molecular complexity index is 1060. The summed E-state index contributed by atoms with van der Waals surface area (Å²) in [4.78, 5) is 29.2. The van der Waals surface area contributed by atoms with Crippen LogP contribution in [-0.4, -0.2) is 44.9 Å². The zero-order valence-electron chi connectivity index (χ0n) is 17.3. The highest BCUT2D eigenvalue weighted by atomic mass is 35.5. The molecule has 162 valence electrons. The Morgan fingerprint density at radius 1 is 1.29 bits per heavy atom. The van der Waals surface area contributed by atoms with E-state index in [1.165, 1.54) is 35.9 Å². The summed E-state index contributed by atoms with van der Waals surface area (Å²) in [6.07, 6.45) is 5.06. The predicted octanol–water partition coefficient (Wildman–Crippen LogP) is 5.05. The first kappa shape index (κ1) is 21.6. The number of nitrogens with one attached hydrogen (secondary N) is 1. The van der Waals surface area contributed by atoms with E-state index in [9.17, 15) is 9.18 Å². The number of aryl methyl sites for hydroxylation is 1. The second-order valence-electron chi connectivity index (χ2n) is 7.71. The maximum Gasteiger partial charge on any atom is 0.274 e. The highest BCUT2D eigenvalue weighted by Gasteiger charge is 2.34. The van der Waals surface area contributed by atoms with E-state index in [4.69, 9.17) is 11.6 Å². The number of carbonyl (C=O) groups excluding carboxylic acids is 1. The van der Waals surface area contributed by atoms with Crippen LogP contribution >= 0.6 is 22.9 Å². The van der Waals surface area contributed by atoms with Gasteiger partial charge in [-0.2, -0.15) is 0 Å². The first-order valence-electron chi connectivity index (χ1n) is 10.2. The molecule has 31 heavy (non-hydrogen) atoms. The minimum absolute atomic E-state index is 0.0244. The van der Waals surface area contributed by atoms with Crippen LogP contribution in [0.15, 0.2) is 36.7 Å². The molecule has 2 aromatic heterocycles. The highest BCUT2D eigenvalue weighted by molar-refractivity contribution is 7.15. The van der Waals surface area contributed by atoms with Crippen molar-refractivity contribution < 1.29 is 9.18 Å². The number of halogens is 2. The van der Waals surface area contributed by atoms with Gasteiger partial charge in [0.1, 0.15) is 11.5 Å². The van der Waals surface area contributed by atoms with Gasteiger partial charge in [0, 0.05) is 13.1 Å². The molecule has 1 aliphatic heterocycles. The quantitative estimate of drug-likeness (QED) is 0.577. The van der Waals surface area contributed by atoms with Gasteiger partial charge in [0.25, 0.3) is 5.91 Å². The Morgan fingerprint density at radius 2 is 2.00 bits per heavy atom. The molecule has 1 N–H and O–H groups in total. The van der Waals surface area contributed by atoms with Crippen LogP contribution < -0.4 is 5.32 Å². The third-order valence-corrected chi connectivity index (χ3v) is 6.72. The van der Waals surface area contributed by atoms with Crippen LogP contribution in [0.5, 0.6) is 0 Å². The molecule has 3 heterocycles. The van der Waals surface area contributed by atoms with Crippen molar-refractivity contribution >= 4 is 34.8 Å².